The van der Waals surface area contributed by atoms with Gasteiger partial charge < -0.3 is 16.8 Å². The first-order valence-electron chi connectivity index (χ1n) is 4.59. The number of nitrogens with zero attached hydrogens (tertiary/aromatic N) is 1. The predicted octanol–water partition coefficient (Wildman–Crippen LogP) is -0.310. The summed E-state index contributed by atoms with van der Waals surface area (Å²) in [6.45, 7) is 0.812. The van der Waals surface area contributed by atoms with Crippen LogP contribution in [-0.2, 0) is 0 Å². The number of rotatable bonds is 4. The van der Waals surface area contributed by atoms with Crippen molar-refractivity contribution in [3.63, 3.8) is 0 Å². The van der Waals surface area contributed by atoms with E-state index in [4.69, 9.17) is 11.5 Å². The van der Waals surface area contributed by atoms with Gasteiger partial charge in [-0.25, -0.2) is 0 Å². The molecule has 5 N–H and O–H groups in total. The van der Waals surface area contributed by atoms with Crippen LogP contribution in [0.3, 0.4) is 0 Å². The van der Waals surface area contributed by atoms with Crippen LogP contribution in [0.5, 0.6) is 0 Å². The number of hydrogen-bond acceptors (Lipinski definition) is 2. The van der Waals surface area contributed by atoms with Crippen molar-refractivity contribution < 1.29 is 4.79 Å². The second kappa shape index (κ2) is 5.64. The Kier molecular flexibility index (Phi) is 4.15. The van der Waals surface area contributed by atoms with E-state index in [0.717, 1.165) is 0 Å². The Labute approximate surface area is 88.2 Å². The average Bonchev–Trinajstić information content (AvgIpc) is 2.25. The van der Waals surface area contributed by atoms with Crippen molar-refractivity contribution in [2.45, 2.75) is 0 Å². The molecular weight excluding hydrogens is 192 g/mol. The molecule has 1 aromatic rings. The van der Waals surface area contributed by atoms with Crippen molar-refractivity contribution in [2.75, 3.05) is 13.1 Å². The van der Waals surface area contributed by atoms with Gasteiger partial charge in [0.2, 0.25) is 0 Å². The van der Waals surface area contributed by atoms with Crippen molar-refractivity contribution in [1.82, 2.24) is 5.32 Å². The van der Waals surface area contributed by atoms with E-state index >= 15 is 0 Å². The van der Waals surface area contributed by atoms with Crippen molar-refractivity contribution in [3.8, 4) is 0 Å². The van der Waals surface area contributed by atoms with Crippen molar-refractivity contribution in [2.24, 2.45) is 16.5 Å². The molecule has 1 aromatic carbocycles. The molecule has 0 spiro atoms. The highest BCUT2D eigenvalue weighted by Crippen LogP contribution is 1.96. The van der Waals surface area contributed by atoms with E-state index in [1.54, 1.807) is 12.1 Å². The fourth-order valence-electron chi connectivity index (χ4n) is 1.05. The van der Waals surface area contributed by atoms with Gasteiger partial charge in [0.25, 0.3) is 5.91 Å². The number of guanidine groups is 1. The molecule has 0 atom stereocenters. The molecule has 0 radical (unpaired) electrons. The van der Waals surface area contributed by atoms with Gasteiger partial charge in [0.05, 0.1) is 6.54 Å². The van der Waals surface area contributed by atoms with Crippen LogP contribution in [0.1, 0.15) is 10.4 Å². The number of benzene rings is 1. The van der Waals surface area contributed by atoms with E-state index in [-0.39, 0.29) is 11.9 Å². The molecule has 0 unspecified atom stereocenters. The number of nitrogens with one attached hydrogen (secondary N) is 1. The molecule has 5 nitrogen and oxygen atoms in total. The largest absolute Gasteiger partial charge is 0.370 e. The predicted molar refractivity (Wildman–Crippen MR) is 59.5 cm³/mol. The monoisotopic (exact) mass is 206 g/mol. The molecule has 1 rings (SSSR count). The van der Waals surface area contributed by atoms with Crippen LogP contribution in [0.25, 0.3) is 0 Å². The Balaban J connectivity index is 2.35. The quantitative estimate of drug-likeness (QED) is 0.358. The Morgan fingerprint density at radius 1 is 1.27 bits per heavy atom. The Hall–Kier alpha value is -2.04. The van der Waals surface area contributed by atoms with Crippen molar-refractivity contribution >= 4 is 11.9 Å². The zero-order valence-corrected chi connectivity index (χ0v) is 8.31. The van der Waals surface area contributed by atoms with E-state index in [9.17, 15) is 4.79 Å². The Morgan fingerprint density at radius 2 is 1.93 bits per heavy atom. The van der Waals surface area contributed by atoms with Gasteiger partial charge >= 0.3 is 0 Å². The topological polar surface area (TPSA) is 93.5 Å². The zero-order valence-electron chi connectivity index (χ0n) is 8.31. The lowest BCUT2D eigenvalue weighted by atomic mass is 10.2. The summed E-state index contributed by atoms with van der Waals surface area (Å²) in [5, 5.41) is 2.70. The highest BCUT2D eigenvalue weighted by molar-refractivity contribution is 5.94. The SMILES string of the molecule is NC(N)=NCCNC(=O)c1ccccc1. The van der Waals surface area contributed by atoms with Crippen LogP contribution in [0.15, 0.2) is 35.3 Å². The molecule has 0 saturated carbocycles. The first-order chi connectivity index (χ1) is 7.20. The van der Waals surface area contributed by atoms with Gasteiger partial charge in [0.15, 0.2) is 5.96 Å². The normalized spacial score (nSPS) is 9.33. The molecule has 15 heavy (non-hydrogen) atoms. The molecule has 0 aliphatic rings. The van der Waals surface area contributed by atoms with E-state index in [1.807, 2.05) is 18.2 Å². The van der Waals surface area contributed by atoms with Gasteiger partial charge in [-0.1, -0.05) is 18.2 Å². The molecule has 80 valence electrons. The fourth-order valence-corrected chi connectivity index (χ4v) is 1.05. The second-order valence-electron chi connectivity index (χ2n) is 2.93. The van der Waals surface area contributed by atoms with Crippen molar-refractivity contribution in [1.29, 1.82) is 0 Å². The van der Waals surface area contributed by atoms with Crippen molar-refractivity contribution in [3.05, 3.63) is 35.9 Å². The molecule has 1 amide bonds. The third-order valence-electron chi connectivity index (χ3n) is 1.73. The van der Waals surface area contributed by atoms with E-state index in [0.29, 0.717) is 18.7 Å². The molecule has 0 bridgehead atoms. The number of carbonyl (C=O) groups is 1. The van der Waals surface area contributed by atoms with Gasteiger partial charge in [-0.3, -0.25) is 9.79 Å². The minimum absolute atomic E-state index is 0.0314. The lowest BCUT2D eigenvalue weighted by molar-refractivity contribution is 0.0955. The van der Waals surface area contributed by atoms with Crippen LogP contribution in [0, 0.1) is 0 Å². The van der Waals surface area contributed by atoms with Gasteiger partial charge in [0.1, 0.15) is 0 Å². The fraction of sp³-hybridized carbons (Fsp3) is 0.200. The smallest absolute Gasteiger partial charge is 0.251 e. The Bertz CT molecular complexity index is 344. The standard InChI is InChI=1S/C10H14N4O/c11-10(12)14-7-6-13-9(15)8-4-2-1-3-5-8/h1-5H,6-7H2,(H,13,15)(H4,11,12,14). The summed E-state index contributed by atoms with van der Waals surface area (Å²) < 4.78 is 0. The molecule has 0 heterocycles. The van der Waals surface area contributed by atoms with Crippen LogP contribution >= 0.6 is 0 Å². The van der Waals surface area contributed by atoms with Gasteiger partial charge in [-0.05, 0) is 12.1 Å². The number of amides is 1. The first-order valence-corrected chi connectivity index (χ1v) is 4.59. The maximum atomic E-state index is 11.5. The van der Waals surface area contributed by atoms with E-state index in [2.05, 4.69) is 10.3 Å². The summed E-state index contributed by atoms with van der Waals surface area (Å²) in [7, 11) is 0. The molecule has 0 aromatic heterocycles. The summed E-state index contributed by atoms with van der Waals surface area (Å²) in [6, 6.07) is 8.97. The highest BCUT2D eigenvalue weighted by Gasteiger charge is 2.01. The van der Waals surface area contributed by atoms with Crippen LogP contribution in [0.2, 0.25) is 0 Å². The number of nitrogens with two attached hydrogens (primary N) is 2. The lowest BCUT2D eigenvalue weighted by Gasteiger charge is -2.02. The minimum Gasteiger partial charge on any atom is -0.370 e. The number of hydrogen-bond donors (Lipinski definition) is 3. The summed E-state index contributed by atoms with van der Waals surface area (Å²) in [5.41, 5.74) is 10.9. The molecule has 0 saturated heterocycles. The van der Waals surface area contributed by atoms with Crippen LogP contribution in [0.4, 0.5) is 0 Å². The molecule has 0 fully saturated rings. The van der Waals surface area contributed by atoms with Crippen LogP contribution in [-0.4, -0.2) is 25.0 Å². The lowest BCUT2D eigenvalue weighted by Crippen LogP contribution is -2.28. The van der Waals surface area contributed by atoms with Gasteiger partial charge in [0, 0.05) is 12.1 Å². The third kappa shape index (κ3) is 4.12. The molecular formula is C10H14N4O. The number of aliphatic imine (C=N–C) groups is 1. The van der Waals surface area contributed by atoms with E-state index in [1.165, 1.54) is 0 Å². The first kappa shape index (κ1) is 11.0. The maximum Gasteiger partial charge on any atom is 0.251 e. The second-order valence-corrected chi connectivity index (χ2v) is 2.93. The van der Waals surface area contributed by atoms with E-state index < -0.39 is 0 Å². The number of carbonyl (C=O) groups excluding carboxylic acids is 1. The summed E-state index contributed by atoms with van der Waals surface area (Å²) >= 11 is 0. The summed E-state index contributed by atoms with van der Waals surface area (Å²) in [5.74, 6) is -0.0923. The summed E-state index contributed by atoms with van der Waals surface area (Å²) in [6.07, 6.45) is 0. The van der Waals surface area contributed by atoms with Crippen LogP contribution < -0.4 is 16.8 Å². The third-order valence-corrected chi connectivity index (χ3v) is 1.73. The van der Waals surface area contributed by atoms with Gasteiger partial charge in [-0.15, -0.1) is 0 Å². The molecule has 5 heteroatoms. The molecule has 0 aliphatic carbocycles. The molecule has 0 aliphatic heterocycles. The van der Waals surface area contributed by atoms with Gasteiger partial charge in [-0.2, -0.15) is 0 Å². The highest BCUT2D eigenvalue weighted by atomic mass is 16.1. The summed E-state index contributed by atoms with van der Waals surface area (Å²) in [4.78, 5) is 15.2. The zero-order chi connectivity index (χ0) is 11.1. The maximum absolute atomic E-state index is 11.5. The average molecular weight is 206 g/mol. The minimum atomic E-state index is -0.124. The Morgan fingerprint density at radius 3 is 2.53 bits per heavy atom.